The standard InChI is InChI=1S/2C8H6O7S.2K.2Na/c9-7(10)4-1-5(8(11)12)3-6(2-4)16(13,14)15;9-7(10)4-1-2-5(8(11)12)6(3-4)16(13,14)15;;;;/h2*1-3H,(H,9,10)(H,11,12)(H,13,14,15);;;;/q;;4*+1/p-4. The number of carbonyl (C=O) groups excluding carboxylic acids is 4. The van der Waals surface area contributed by atoms with Gasteiger partial charge >= 0.3 is 162 Å². The summed E-state index contributed by atoms with van der Waals surface area (Å²) in [4.78, 5) is 39.9. The van der Waals surface area contributed by atoms with E-state index < -0.39 is 76.2 Å². The van der Waals surface area contributed by atoms with Gasteiger partial charge in [0.15, 0.2) is 0 Å². The van der Waals surface area contributed by atoms with Crippen molar-refractivity contribution in [3.05, 3.63) is 58.7 Å². The van der Waals surface area contributed by atoms with Crippen LogP contribution in [0.4, 0.5) is 0 Å². The van der Waals surface area contributed by atoms with E-state index in [0.29, 0.717) is 30.3 Å². The van der Waals surface area contributed by atoms with Crippen LogP contribution in [0.15, 0.2) is 46.2 Å². The number of hydrogen-bond donors (Lipinski definition) is 2. The van der Waals surface area contributed by atoms with E-state index in [1.807, 2.05) is 0 Å². The molecule has 0 bridgehead atoms. The van der Waals surface area contributed by atoms with Gasteiger partial charge in [-0.25, -0.2) is 0 Å². The van der Waals surface area contributed by atoms with Crippen LogP contribution in [0.2, 0.25) is 0 Å². The van der Waals surface area contributed by atoms with Gasteiger partial charge in [-0.05, 0) is 41.0 Å². The van der Waals surface area contributed by atoms with Crippen molar-refractivity contribution in [1.82, 2.24) is 0 Å². The summed E-state index contributed by atoms with van der Waals surface area (Å²) in [5, 5.41) is 41.8. The molecule has 2 N–H and O–H groups in total. The summed E-state index contributed by atoms with van der Waals surface area (Å²) in [6, 6.07) is 3.84. The summed E-state index contributed by atoms with van der Waals surface area (Å²) in [7, 11) is -9.54. The molecule has 20 heteroatoms. The second kappa shape index (κ2) is 18.7. The number of aromatic carboxylic acids is 4. The molecule has 172 valence electrons. The van der Waals surface area contributed by atoms with E-state index in [2.05, 4.69) is 0 Å². The summed E-state index contributed by atoms with van der Waals surface area (Å²) in [6.45, 7) is 0. The Morgan fingerprint density at radius 2 is 0.972 bits per heavy atom. The topological polar surface area (TPSA) is 269 Å². The predicted molar refractivity (Wildman–Crippen MR) is 89.8 cm³/mol. The number of carboxylic acid groups (broad SMARTS) is 4. The monoisotopic (exact) mass is 612 g/mol. The van der Waals surface area contributed by atoms with Crippen LogP contribution in [0.5, 0.6) is 0 Å². The van der Waals surface area contributed by atoms with Crippen LogP contribution in [0.25, 0.3) is 0 Å². The van der Waals surface area contributed by atoms with Crippen LogP contribution in [-0.2, 0) is 20.2 Å². The molecular formula is C16H8K2Na2O14S2. The third-order valence-electron chi connectivity index (χ3n) is 3.39. The minimum atomic E-state index is -4.85. The molecule has 0 aliphatic rings. The van der Waals surface area contributed by atoms with Gasteiger partial charge in [-0.3, -0.25) is 9.11 Å². The summed E-state index contributed by atoms with van der Waals surface area (Å²) < 4.78 is 60.3. The first-order chi connectivity index (χ1) is 14.4. The fourth-order valence-electron chi connectivity index (χ4n) is 2.02. The van der Waals surface area contributed by atoms with Gasteiger partial charge in [0.2, 0.25) is 0 Å². The van der Waals surface area contributed by atoms with Crippen molar-refractivity contribution in [2.45, 2.75) is 9.79 Å². The number of benzene rings is 2. The molecule has 14 nitrogen and oxygen atoms in total. The van der Waals surface area contributed by atoms with Crippen molar-refractivity contribution >= 4 is 44.1 Å². The quantitative estimate of drug-likeness (QED) is 0.227. The average Bonchev–Trinajstić information content (AvgIpc) is 2.66. The summed E-state index contributed by atoms with van der Waals surface area (Å²) >= 11 is 0. The molecule has 0 saturated carbocycles. The van der Waals surface area contributed by atoms with Crippen LogP contribution in [-0.4, -0.2) is 49.8 Å². The smallest absolute Gasteiger partial charge is 0.545 e. The van der Waals surface area contributed by atoms with Gasteiger partial charge < -0.3 is 39.6 Å². The first kappa shape index (κ1) is 44.4. The number of hydrogen-bond acceptors (Lipinski definition) is 12. The van der Waals surface area contributed by atoms with Gasteiger partial charge in [0.1, 0.15) is 4.90 Å². The van der Waals surface area contributed by atoms with Crippen LogP contribution >= 0.6 is 0 Å². The molecule has 0 aromatic heterocycles. The van der Waals surface area contributed by atoms with Crippen LogP contribution in [0.1, 0.15) is 41.4 Å². The van der Waals surface area contributed by atoms with Crippen molar-refractivity contribution < 1.29 is 227 Å². The fourth-order valence-corrected chi connectivity index (χ4v) is 3.27. The van der Waals surface area contributed by atoms with Gasteiger partial charge in [-0.1, -0.05) is 12.1 Å². The Kier molecular flexibility index (Phi) is 23.1. The molecule has 0 unspecified atom stereocenters. The van der Waals surface area contributed by atoms with Crippen molar-refractivity contribution in [3.8, 4) is 0 Å². The fraction of sp³-hybridized carbons (Fsp3) is 0. The predicted octanol–water partition coefficient (Wildman–Crippen LogP) is -16.7. The van der Waals surface area contributed by atoms with E-state index in [-0.39, 0.29) is 162 Å². The van der Waals surface area contributed by atoms with E-state index in [0.717, 1.165) is 6.07 Å². The Morgan fingerprint density at radius 3 is 1.25 bits per heavy atom. The van der Waals surface area contributed by atoms with E-state index in [4.69, 9.17) is 9.11 Å². The molecule has 2 aromatic carbocycles. The Balaban J connectivity index is -0.000000256. The van der Waals surface area contributed by atoms with Crippen molar-refractivity contribution in [2.75, 3.05) is 0 Å². The molecular weight excluding hydrogens is 604 g/mol. The minimum Gasteiger partial charge on any atom is -0.545 e. The first-order valence-corrected chi connectivity index (χ1v) is 10.4. The molecule has 0 heterocycles. The van der Waals surface area contributed by atoms with Crippen LogP contribution in [0, 0.1) is 0 Å². The minimum absolute atomic E-state index is 0. The van der Waals surface area contributed by atoms with Gasteiger partial charge in [-0.2, -0.15) is 16.8 Å². The van der Waals surface area contributed by atoms with Crippen molar-refractivity contribution in [1.29, 1.82) is 0 Å². The maximum atomic E-state index is 10.8. The van der Waals surface area contributed by atoms with E-state index in [1.165, 1.54) is 0 Å². The molecule has 0 spiro atoms. The third-order valence-corrected chi connectivity index (χ3v) is 5.12. The zero-order valence-corrected chi connectivity index (χ0v) is 31.0. The Hall–Kier alpha value is 1.41. The molecule has 2 rings (SSSR count). The van der Waals surface area contributed by atoms with Crippen molar-refractivity contribution in [3.63, 3.8) is 0 Å². The maximum Gasteiger partial charge on any atom is 1.00 e. The Bertz CT molecular complexity index is 1310. The molecule has 0 fully saturated rings. The zero-order valence-electron chi connectivity index (χ0n) is 19.1. The Morgan fingerprint density at radius 1 is 0.583 bits per heavy atom. The third kappa shape index (κ3) is 14.2. The number of carboxylic acids is 4. The van der Waals surface area contributed by atoms with Crippen molar-refractivity contribution in [2.24, 2.45) is 0 Å². The normalized spacial score (nSPS) is 9.83. The maximum absolute atomic E-state index is 10.8. The number of carbonyl (C=O) groups is 4. The molecule has 36 heavy (non-hydrogen) atoms. The summed E-state index contributed by atoms with van der Waals surface area (Å²) in [5.74, 6) is -7.09. The SMILES string of the molecule is O=C([O-])c1cc(C(=O)[O-])cc(S(=O)(=O)O)c1.O=C([O-])c1ccc(C(=O)[O-])c(S(=O)(=O)O)c1.[K+].[K+].[Na+].[Na+]. The largest absolute Gasteiger partial charge is 1.00 e. The molecule has 0 radical (unpaired) electrons. The zero-order chi connectivity index (χ0) is 25.0. The van der Waals surface area contributed by atoms with Crippen LogP contribution in [0.3, 0.4) is 0 Å². The molecule has 2 aromatic rings. The summed E-state index contributed by atoms with van der Waals surface area (Å²) in [6.07, 6.45) is 0. The Labute approximate surface area is 333 Å². The second-order valence-electron chi connectivity index (χ2n) is 5.56. The summed E-state index contributed by atoms with van der Waals surface area (Å²) in [5.41, 5.74) is -2.77. The number of rotatable bonds is 6. The molecule has 0 saturated heterocycles. The van der Waals surface area contributed by atoms with Gasteiger partial charge in [-0.15, -0.1) is 0 Å². The van der Waals surface area contributed by atoms with Gasteiger partial charge in [0.05, 0.1) is 28.8 Å². The molecule has 0 atom stereocenters. The van der Waals surface area contributed by atoms with E-state index >= 15 is 0 Å². The van der Waals surface area contributed by atoms with E-state index in [1.54, 1.807) is 0 Å². The second-order valence-corrected chi connectivity index (χ2v) is 8.37. The molecule has 0 aliphatic heterocycles. The molecule has 0 amide bonds. The van der Waals surface area contributed by atoms with Gasteiger partial charge in [0.25, 0.3) is 20.2 Å². The van der Waals surface area contributed by atoms with Crippen LogP contribution < -0.4 is 182 Å². The van der Waals surface area contributed by atoms with E-state index in [9.17, 15) is 56.4 Å². The average molecular weight is 613 g/mol. The van der Waals surface area contributed by atoms with Gasteiger partial charge in [0, 0.05) is 5.56 Å². The first-order valence-electron chi connectivity index (χ1n) is 7.54. The molecule has 0 aliphatic carbocycles.